The van der Waals surface area contributed by atoms with E-state index in [1.54, 1.807) is 29.8 Å². The van der Waals surface area contributed by atoms with E-state index < -0.39 is 0 Å². The zero-order chi connectivity index (χ0) is 11.2. The van der Waals surface area contributed by atoms with Gasteiger partial charge in [-0.05, 0) is 18.2 Å². The van der Waals surface area contributed by atoms with E-state index in [0.29, 0.717) is 6.61 Å². The normalized spacial score (nSPS) is 10.6. The van der Waals surface area contributed by atoms with Crippen LogP contribution in [0.1, 0.15) is 0 Å². The van der Waals surface area contributed by atoms with Gasteiger partial charge in [-0.2, -0.15) is 5.10 Å². The lowest BCUT2D eigenvalue weighted by atomic mass is 10.5. The van der Waals surface area contributed by atoms with Crippen LogP contribution in [0.4, 0.5) is 0 Å². The van der Waals surface area contributed by atoms with E-state index in [-0.39, 0.29) is 0 Å². The smallest absolute Gasteiger partial charge is 0.175 e. The molecule has 5 nitrogen and oxygen atoms in total. The number of ether oxygens (including phenoxy) is 1. The molecule has 2 rings (SSSR count). The molecule has 0 unspecified atom stereocenters. The third-order valence-corrected chi connectivity index (χ3v) is 2.79. The van der Waals surface area contributed by atoms with E-state index >= 15 is 0 Å². The van der Waals surface area contributed by atoms with E-state index in [9.17, 15) is 0 Å². The molecule has 2 aromatic rings. The van der Waals surface area contributed by atoms with Crippen LogP contribution in [-0.2, 0) is 4.74 Å². The Morgan fingerprint density at radius 1 is 1.38 bits per heavy atom. The topological polar surface area (TPSA) is 52.8 Å². The quantitative estimate of drug-likeness (QED) is 0.580. The number of aromatic nitrogens is 4. The highest BCUT2D eigenvalue weighted by atomic mass is 32.2. The molecule has 0 atom stereocenters. The number of methoxy groups -OCH3 is 1. The highest BCUT2D eigenvalue weighted by molar-refractivity contribution is 7.99. The highest BCUT2D eigenvalue weighted by Gasteiger charge is 2.00. The molecule has 0 saturated heterocycles. The highest BCUT2D eigenvalue weighted by Crippen LogP contribution is 2.14. The first-order valence-electron chi connectivity index (χ1n) is 4.85. The fourth-order valence-electron chi connectivity index (χ4n) is 1.15. The molecule has 2 aromatic heterocycles. The van der Waals surface area contributed by atoms with Gasteiger partial charge in [-0.3, -0.25) is 0 Å². The molecule has 0 fully saturated rings. The van der Waals surface area contributed by atoms with Gasteiger partial charge in [-0.15, -0.1) is 22.0 Å². The minimum atomic E-state index is 0.716. The molecule has 0 aromatic carbocycles. The lowest BCUT2D eigenvalue weighted by Crippen LogP contribution is -2.00. The van der Waals surface area contributed by atoms with E-state index in [4.69, 9.17) is 4.74 Å². The summed E-state index contributed by atoms with van der Waals surface area (Å²) in [5.41, 5.74) is 0. The molecular formula is C10H12N4OS. The Balaban J connectivity index is 2.00. The first-order chi connectivity index (χ1) is 7.90. The van der Waals surface area contributed by atoms with Crippen LogP contribution in [0.3, 0.4) is 0 Å². The average Bonchev–Trinajstić information content (AvgIpc) is 2.84. The SMILES string of the molecule is COCCSc1ccc(-n2cccn2)nn1. The number of nitrogens with zero attached hydrogens (tertiary/aromatic N) is 4. The third-order valence-electron chi connectivity index (χ3n) is 1.90. The van der Waals surface area contributed by atoms with Gasteiger partial charge in [0.2, 0.25) is 0 Å². The van der Waals surface area contributed by atoms with Crippen LogP contribution < -0.4 is 0 Å². The Hall–Kier alpha value is -1.40. The van der Waals surface area contributed by atoms with Crippen LogP contribution in [0, 0.1) is 0 Å². The molecule has 16 heavy (non-hydrogen) atoms. The summed E-state index contributed by atoms with van der Waals surface area (Å²) in [6.07, 6.45) is 3.55. The predicted molar refractivity (Wildman–Crippen MR) is 61.8 cm³/mol. The first-order valence-corrected chi connectivity index (χ1v) is 5.84. The van der Waals surface area contributed by atoms with Gasteiger partial charge < -0.3 is 4.74 Å². The second kappa shape index (κ2) is 5.62. The molecule has 0 amide bonds. The van der Waals surface area contributed by atoms with Crippen molar-refractivity contribution in [3.63, 3.8) is 0 Å². The van der Waals surface area contributed by atoms with Crippen molar-refractivity contribution in [2.24, 2.45) is 0 Å². The molecule has 0 radical (unpaired) electrons. The molecular weight excluding hydrogens is 224 g/mol. The van der Waals surface area contributed by atoms with Crippen LogP contribution in [0.15, 0.2) is 35.6 Å². The van der Waals surface area contributed by atoms with Gasteiger partial charge in [-0.1, -0.05) is 0 Å². The maximum Gasteiger partial charge on any atom is 0.175 e. The number of hydrogen-bond donors (Lipinski definition) is 0. The minimum Gasteiger partial charge on any atom is -0.384 e. The molecule has 2 heterocycles. The molecule has 84 valence electrons. The third kappa shape index (κ3) is 2.80. The molecule has 0 bridgehead atoms. The van der Waals surface area contributed by atoms with Crippen LogP contribution in [0.25, 0.3) is 5.82 Å². The summed E-state index contributed by atoms with van der Waals surface area (Å²) in [6, 6.07) is 5.68. The lowest BCUT2D eigenvalue weighted by Gasteiger charge is -2.01. The molecule has 0 N–H and O–H groups in total. The van der Waals surface area contributed by atoms with E-state index in [1.165, 1.54) is 0 Å². The predicted octanol–water partition coefficient (Wildman–Crippen LogP) is 1.40. The summed E-state index contributed by atoms with van der Waals surface area (Å²) in [5.74, 6) is 1.60. The standard InChI is InChI=1S/C10H12N4OS/c1-15-7-8-16-10-4-3-9(12-13-10)14-6-2-5-11-14/h2-6H,7-8H2,1H3. The molecule has 6 heteroatoms. The second-order valence-corrected chi connectivity index (χ2v) is 4.14. The summed E-state index contributed by atoms with van der Waals surface area (Å²) in [6.45, 7) is 0.716. The Morgan fingerprint density at radius 2 is 2.31 bits per heavy atom. The van der Waals surface area contributed by atoms with Crippen LogP contribution in [0.2, 0.25) is 0 Å². The van der Waals surface area contributed by atoms with Crippen molar-refractivity contribution in [1.29, 1.82) is 0 Å². The zero-order valence-electron chi connectivity index (χ0n) is 8.91. The summed E-state index contributed by atoms with van der Waals surface area (Å²) in [5, 5.41) is 13.2. The van der Waals surface area contributed by atoms with Crippen LogP contribution in [-0.4, -0.2) is 39.4 Å². The summed E-state index contributed by atoms with van der Waals surface area (Å²) in [4.78, 5) is 0. The first kappa shape index (κ1) is 11.1. The van der Waals surface area contributed by atoms with Crippen molar-refractivity contribution < 1.29 is 4.74 Å². The van der Waals surface area contributed by atoms with Crippen molar-refractivity contribution in [1.82, 2.24) is 20.0 Å². The molecule has 0 saturated carbocycles. The van der Waals surface area contributed by atoms with Crippen molar-refractivity contribution in [3.05, 3.63) is 30.6 Å². The fraction of sp³-hybridized carbons (Fsp3) is 0.300. The zero-order valence-corrected chi connectivity index (χ0v) is 9.72. The summed E-state index contributed by atoms with van der Waals surface area (Å²) >= 11 is 1.62. The van der Waals surface area contributed by atoms with Gasteiger partial charge in [-0.25, -0.2) is 4.68 Å². The number of rotatable bonds is 5. The Bertz CT molecular complexity index is 415. The van der Waals surface area contributed by atoms with Gasteiger partial charge in [0, 0.05) is 25.3 Å². The largest absolute Gasteiger partial charge is 0.384 e. The molecule has 0 aliphatic carbocycles. The molecule has 0 spiro atoms. The van der Waals surface area contributed by atoms with E-state index in [0.717, 1.165) is 16.6 Å². The Kier molecular flexibility index (Phi) is 3.90. The maximum absolute atomic E-state index is 4.96. The van der Waals surface area contributed by atoms with Crippen molar-refractivity contribution in [2.75, 3.05) is 19.5 Å². The average molecular weight is 236 g/mol. The van der Waals surface area contributed by atoms with E-state index in [1.807, 2.05) is 24.4 Å². The van der Waals surface area contributed by atoms with Crippen LogP contribution in [0.5, 0.6) is 0 Å². The van der Waals surface area contributed by atoms with Gasteiger partial charge in [0.05, 0.1) is 6.61 Å². The van der Waals surface area contributed by atoms with Gasteiger partial charge >= 0.3 is 0 Å². The van der Waals surface area contributed by atoms with Crippen molar-refractivity contribution in [3.8, 4) is 5.82 Å². The molecule has 0 aliphatic heterocycles. The second-order valence-electron chi connectivity index (χ2n) is 3.02. The van der Waals surface area contributed by atoms with E-state index in [2.05, 4.69) is 15.3 Å². The van der Waals surface area contributed by atoms with Gasteiger partial charge in [0.15, 0.2) is 5.82 Å². The minimum absolute atomic E-state index is 0.716. The lowest BCUT2D eigenvalue weighted by molar-refractivity contribution is 0.218. The van der Waals surface area contributed by atoms with Crippen molar-refractivity contribution >= 4 is 11.8 Å². The number of hydrogen-bond acceptors (Lipinski definition) is 5. The van der Waals surface area contributed by atoms with Gasteiger partial charge in [0.1, 0.15) is 5.03 Å². The Labute approximate surface area is 97.8 Å². The Morgan fingerprint density at radius 3 is 2.94 bits per heavy atom. The maximum atomic E-state index is 4.96. The van der Waals surface area contributed by atoms with Gasteiger partial charge in [0.25, 0.3) is 0 Å². The van der Waals surface area contributed by atoms with Crippen LogP contribution >= 0.6 is 11.8 Å². The monoisotopic (exact) mass is 236 g/mol. The fourth-order valence-corrected chi connectivity index (χ4v) is 1.87. The summed E-state index contributed by atoms with van der Waals surface area (Å²) in [7, 11) is 1.69. The summed E-state index contributed by atoms with van der Waals surface area (Å²) < 4.78 is 6.64. The number of thioether (sulfide) groups is 1. The van der Waals surface area contributed by atoms with Crippen molar-refractivity contribution in [2.45, 2.75) is 5.03 Å². The molecule has 0 aliphatic rings.